The molecule has 1 saturated heterocycles. The van der Waals surface area contributed by atoms with Crippen LogP contribution in [0, 0.1) is 17.3 Å². The van der Waals surface area contributed by atoms with Crippen LogP contribution in [0.4, 0.5) is 0 Å². The second-order valence-corrected chi connectivity index (χ2v) is 8.15. The van der Waals surface area contributed by atoms with Crippen molar-refractivity contribution in [1.29, 1.82) is 0 Å². The van der Waals surface area contributed by atoms with Gasteiger partial charge in [0.1, 0.15) is 6.54 Å². The van der Waals surface area contributed by atoms with Crippen molar-refractivity contribution in [2.45, 2.75) is 72.4 Å². The molecule has 0 aliphatic carbocycles. The fourth-order valence-corrected chi connectivity index (χ4v) is 3.70. The first kappa shape index (κ1) is 18.5. The monoisotopic (exact) mass is 322 g/mol. The Bertz CT molecular complexity index is 427. The molecule has 1 aliphatic heterocycles. The third-order valence-electron chi connectivity index (χ3n) is 5.40. The van der Waals surface area contributed by atoms with E-state index in [0.29, 0.717) is 17.4 Å². The second-order valence-electron chi connectivity index (χ2n) is 8.15. The summed E-state index contributed by atoms with van der Waals surface area (Å²) in [6.45, 7) is 12.4. The van der Waals surface area contributed by atoms with Crippen molar-refractivity contribution in [3.63, 3.8) is 0 Å². The molecule has 0 aromatic carbocycles. The van der Waals surface area contributed by atoms with Crippen LogP contribution >= 0.6 is 0 Å². The van der Waals surface area contributed by atoms with Crippen molar-refractivity contribution in [2.75, 3.05) is 13.2 Å². The van der Waals surface area contributed by atoms with Gasteiger partial charge in [0.2, 0.25) is 0 Å². The highest BCUT2D eigenvalue weighted by molar-refractivity contribution is 4.95. The van der Waals surface area contributed by atoms with Gasteiger partial charge in [0.25, 0.3) is 0 Å². The average Bonchev–Trinajstić information content (AvgIpc) is 3.03. The summed E-state index contributed by atoms with van der Waals surface area (Å²) in [5, 5.41) is 2.40. The predicted molar refractivity (Wildman–Crippen MR) is 94.1 cm³/mol. The summed E-state index contributed by atoms with van der Waals surface area (Å²) in [5.74, 6) is 2.49. The van der Waals surface area contributed by atoms with Gasteiger partial charge < -0.3 is 14.5 Å². The molecule has 2 heterocycles. The van der Waals surface area contributed by atoms with Gasteiger partial charge in [-0.2, -0.15) is 0 Å². The maximum Gasteiger partial charge on any atom is 0.157 e. The molecule has 23 heavy (non-hydrogen) atoms. The Labute approximate surface area is 142 Å². The summed E-state index contributed by atoms with van der Waals surface area (Å²) in [7, 11) is 0. The Balaban J connectivity index is 1.87. The largest absolute Gasteiger partial charge is 0.463 e. The molecule has 3 heteroatoms. The van der Waals surface area contributed by atoms with E-state index in [9.17, 15) is 0 Å². The molecule has 1 aliphatic rings. The fourth-order valence-electron chi connectivity index (χ4n) is 3.70. The Morgan fingerprint density at radius 3 is 2.74 bits per heavy atom. The second kappa shape index (κ2) is 8.89. The highest BCUT2D eigenvalue weighted by Crippen LogP contribution is 2.43. The first-order valence-corrected chi connectivity index (χ1v) is 9.46. The van der Waals surface area contributed by atoms with Gasteiger partial charge in [0, 0.05) is 13.0 Å². The minimum atomic E-state index is 0.445. The molecule has 132 valence electrons. The van der Waals surface area contributed by atoms with E-state index in [1.54, 1.807) is 6.26 Å². The van der Waals surface area contributed by atoms with Crippen LogP contribution in [0.15, 0.2) is 22.8 Å². The van der Waals surface area contributed by atoms with Gasteiger partial charge in [-0.1, -0.05) is 34.1 Å². The molecule has 2 rings (SSSR count). The SMILES string of the molecule is CC(C)CC[C@]1(CC[NH2+]Cc2ccco2)CCO[C@H](C(C)C)C1. The van der Waals surface area contributed by atoms with Gasteiger partial charge in [-0.3, -0.25) is 0 Å². The van der Waals surface area contributed by atoms with E-state index < -0.39 is 0 Å². The third-order valence-corrected chi connectivity index (χ3v) is 5.40. The number of ether oxygens (including phenoxy) is 1. The molecule has 2 atom stereocenters. The summed E-state index contributed by atoms with van der Waals surface area (Å²) in [5.41, 5.74) is 0.483. The van der Waals surface area contributed by atoms with Crippen LogP contribution < -0.4 is 5.32 Å². The Hall–Kier alpha value is -0.800. The summed E-state index contributed by atoms with van der Waals surface area (Å²) < 4.78 is 11.5. The van der Waals surface area contributed by atoms with Gasteiger partial charge in [-0.05, 0) is 48.6 Å². The van der Waals surface area contributed by atoms with Crippen molar-refractivity contribution >= 4 is 0 Å². The molecule has 0 radical (unpaired) electrons. The van der Waals surface area contributed by atoms with Gasteiger partial charge in [0.15, 0.2) is 5.76 Å². The number of hydrogen-bond acceptors (Lipinski definition) is 2. The normalized spacial score (nSPS) is 25.4. The molecule has 0 unspecified atom stereocenters. The van der Waals surface area contributed by atoms with Crippen molar-refractivity contribution in [3.8, 4) is 0 Å². The maximum atomic E-state index is 6.04. The molecular formula is C20H36NO2+. The van der Waals surface area contributed by atoms with Crippen molar-refractivity contribution in [1.82, 2.24) is 0 Å². The third kappa shape index (κ3) is 5.96. The van der Waals surface area contributed by atoms with Crippen molar-refractivity contribution < 1.29 is 14.5 Å². The quantitative estimate of drug-likeness (QED) is 0.698. The summed E-state index contributed by atoms with van der Waals surface area (Å²) in [6.07, 6.45) is 8.67. The molecule has 1 fully saturated rings. The van der Waals surface area contributed by atoms with Crippen LogP contribution in [-0.2, 0) is 11.3 Å². The molecule has 0 saturated carbocycles. The molecule has 2 N–H and O–H groups in total. The first-order valence-electron chi connectivity index (χ1n) is 9.46. The van der Waals surface area contributed by atoms with E-state index in [1.165, 1.54) is 38.6 Å². The summed E-state index contributed by atoms with van der Waals surface area (Å²) >= 11 is 0. The van der Waals surface area contributed by atoms with E-state index in [1.807, 2.05) is 6.07 Å². The lowest BCUT2D eigenvalue weighted by Crippen LogP contribution is -2.83. The molecular weight excluding hydrogens is 286 g/mol. The topological polar surface area (TPSA) is 39.0 Å². The highest BCUT2D eigenvalue weighted by Gasteiger charge is 2.37. The van der Waals surface area contributed by atoms with Gasteiger partial charge in [-0.25, -0.2) is 0 Å². The number of furan rings is 1. The number of hydrogen-bond donors (Lipinski definition) is 1. The molecule has 1 aromatic heterocycles. The van der Waals surface area contributed by atoms with Gasteiger partial charge >= 0.3 is 0 Å². The number of nitrogens with two attached hydrogens (primary N) is 1. The van der Waals surface area contributed by atoms with E-state index in [4.69, 9.17) is 9.15 Å². The van der Waals surface area contributed by atoms with Gasteiger partial charge in [-0.15, -0.1) is 0 Å². The fraction of sp³-hybridized carbons (Fsp3) is 0.800. The minimum Gasteiger partial charge on any atom is -0.463 e. The standard InChI is InChI=1S/C20H35NO2/c1-16(2)7-8-20(10-13-23-19(14-20)17(3)4)9-11-21-15-18-6-5-12-22-18/h5-6,12,16-17,19,21H,7-11,13-15H2,1-4H3/p+1/t19-,20-/m0/s1. The maximum absolute atomic E-state index is 6.04. The lowest BCUT2D eigenvalue weighted by atomic mass is 9.69. The van der Waals surface area contributed by atoms with Crippen LogP contribution in [0.25, 0.3) is 0 Å². The zero-order valence-electron chi connectivity index (χ0n) is 15.5. The van der Waals surface area contributed by atoms with Crippen LogP contribution in [0.3, 0.4) is 0 Å². The van der Waals surface area contributed by atoms with E-state index >= 15 is 0 Å². The van der Waals surface area contributed by atoms with E-state index in [0.717, 1.165) is 24.8 Å². The Morgan fingerprint density at radius 2 is 2.09 bits per heavy atom. The van der Waals surface area contributed by atoms with Crippen molar-refractivity contribution in [2.24, 2.45) is 17.3 Å². The first-order chi connectivity index (χ1) is 11.0. The van der Waals surface area contributed by atoms with Crippen LogP contribution in [0.2, 0.25) is 0 Å². The number of quaternary nitrogens is 1. The molecule has 0 bridgehead atoms. The Kier molecular flexibility index (Phi) is 7.16. The number of rotatable bonds is 9. The van der Waals surface area contributed by atoms with Crippen LogP contribution in [0.5, 0.6) is 0 Å². The summed E-state index contributed by atoms with van der Waals surface area (Å²) in [4.78, 5) is 0. The smallest absolute Gasteiger partial charge is 0.157 e. The zero-order chi connectivity index (χ0) is 16.7. The highest BCUT2D eigenvalue weighted by atomic mass is 16.5. The predicted octanol–water partition coefficient (Wildman–Crippen LogP) is 3.99. The van der Waals surface area contributed by atoms with Crippen LogP contribution in [0.1, 0.15) is 65.6 Å². The lowest BCUT2D eigenvalue weighted by Gasteiger charge is -2.42. The van der Waals surface area contributed by atoms with E-state index in [2.05, 4.69) is 39.1 Å². The Morgan fingerprint density at radius 1 is 1.26 bits per heavy atom. The molecule has 0 spiro atoms. The summed E-state index contributed by atoms with van der Waals surface area (Å²) in [6, 6.07) is 4.04. The lowest BCUT2D eigenvalue weighted by molar-refractivity contribution is -0.674. The van der Waals surface area contributed by atoms with E-state index in [-0.39, 0.29) is 0 Å². The molecule has 0 amide bonds. The average molecular weight is 323 g/mol. The minimum absolute atomic E-state index is 0.445. The van der Waals surface area contributed by atoms with Gasteiger partial charge in [0.05, 0.1) is 18.9 Å². The zero-order valence-corrected chi connectivity index (χ0v) is 15.5. The van der Waals surface area contributed by atoms with Crippen LogP contribution in [-0.4, -0.2) is 19.3 Å². The van der Waals surface area contributed by atoms with Crippen molar-refractivity contribution in [3.05, 3.63) is 24.2 Å². The molecule has 1 aromatic rings. The molecule has 3 nitrogen and oxygen atoms in total.